The molecule has 4 nitrogen and oxygen atoms in total. The van der Waals surface area contributed by atoms with Crippen LogP contribution >= 0.6 is 0 Å². The van der Waals surface area contributed by atoms with Crippen molar-refractivity contribution < 1.29 is 9.13 Å². The van der Waals surface area contributed by atoms with E-state index in [9.17, 15) is 4.39 Å². The fourth-order valence-corrected chi connectivity index (χ4v) is 1.97. The van der Waals surface area contributed by atoms with E-state index < -0.39 is 0 Å². The van der Waals surface area contributed by atoms with Crippen LogP contribution in [0.4, 0.5) is 10.1 Å². The summed E-state index contributed by atoms with van der Waals surface area (Å²) in [6.45, 7) is 1.89. The molecule has 2 aromatic heterocycles. The quantitative estimate of drug-likeness (QED) is 0.794. The van der Waals surface area contributed by atoms with E-state index in [1.54, 1.807) is 36.7 Å². The predicted octanol–water partition coefficient (Wildman–Crippen LogP) is 3.97. The van der Waals surface area contributed by atoms with Gasteiger partial charge in [-0.05, 0) is 55.0 Å². The Morgan fingerprint density at radius 1 is 1.00 bits per heavy atom. The largest absolute Gasteiger partial charge is 0.435 e. The van der Waals surface area contributed by atoms with Crippen molar-refractivity contribution in [2.45, 2.75) is 6.92 Å². The summed E-state index contributed by atoms with van der Waals surface area (Å²) >= 11 is 0. The van der Waals surface area contributed by atoms with Gasteiger partial charge >= 0.3 is 0 Å². The number of aromatic nitrogens is 2. The Hall–Kier alpha value is -2.95. The molecule has 2 N–H and O–H groups in total. The van der Waals surface area contributed by atoms with Crippen molar-refractivity contribution in [3.05, 3.63) is 66.2 Å². The van der Waals surface area contributed by atoms with Crippen LogP contribution in [-0.2, 0) is 0 Å². The molecule has 0 aliphatic rings. The van der Waals surface area contributed by atoms with Gasteiger partial charge in [-0.15, -0.1) is 0 Å². The van der Waals surface area contributed by atoms with E-state index >= 15 is 0 Å². The highest BCUT2D eigenvalue weighted by atomic mass is 19.1. The van der Waals surface area contributed by atoms with Crippen LogP contribution in [0, 0.1) is 12.7 Å². The highest BCUT2D eigenvalue weighted by Gasteiger charge is 2.07. The van der Waals surface area contributed by atoms with E-state index in [0.29, 0.717) is 17.3 Å². The first-order valence-corrected chi connectivity index (χ1v) is 6.74. The second-order valence-electron chi connectivity index (χ2n) is 4.83. The molecule has 0 aliphatic carbocycles. The fraction of sp³-hybridized carbons (Fsp3) is 0.0588. The fourth-order valence-electron chi connectivity index (χ4n) is 1.97. The molecular formula is C17H14FN3O. The third-order valence-electron chi connectivity index (χ3n) is 3.26. The van der Waals surface area contributed by atoms with Gasteiger partial charge in [0.2, 0.25) is 5.88 Å². The van der Waals surface area contributed by atoms with Crippen LogP contribution in [0.3, 0.4) is 0 Å². The number of aryl methyl sites for hydroxylation is 1. The molecule has 22 heavy (non-hydrogen) atoms. The molecule has 1 aromatic carbocycles. The monoisotopic (exact) mass is 295 g/mol. The average Bonchev–Trinajstić information content (AvgIpc) is 2.53. The Kier molecular flexibility index (Phi) is 3.70. The van der Waals surface area contributed by atoms with Gasteiger partial charge in [0.05, 0.1) is 17.6 Å². The lowest BCUT2D eigenvalue weighted by atomic mass is 10.1. The molecule has 5 heteroatoms. The molecule has 0 fully saturated rings. The van der Waals surface area contributed by atoms with E-state index in [2.05, 4.69) is 9.97 Å². The van der Waals surface area contributed by atoms with Gasteiger partial charge in [-0.2, -0.15) is 0 Å². The SMILES string of the molecule is Cc1ccnc(Oc2ccc(-c3ccc(F)cc3)nc2)c1N. The highest BCUT2D eigenvalue weighted by molar-refractivity contribution is 5.60. The van der Waals surface area contributed by atoms with Gasteiger partial charge in [-0.1, -0.05) is 0 Å². The van der Waals surface area contributed by atoms with Crippen molar-refractivity contribution in [3.8, 4) is 22.9 Å². The summed E-state index contributed by atoms with van der Waals surface area (Å²) in [7, 11) is 0. The van der Waals surface area contributed by atoms with Crippen molar-refractivity contribution >= 4 is 5.69 Å². The van der Waals surface area contributed by atoms with Gasteiger partial charge in [0, 0.05) is 11.8 Å². The first kappa shape index (κ1) is 14.0. The number of hydrogen-bond donors (Lipinski definition) is 1. The van der Waals surface area contributed by atoms with Crippen LogP contribution in [0.15, 0.2) is 54.9 Å². The van der Waals surface area contributed by atoms with Crippen LogP contribution in [0.5, 0.6) is 11.6 Å². The minimum atomic E-state index is -0.273. The number of rotatable bonds is 3. The molecule has 0 aliphatic heterocycles. The summed E-state index contributed by atoms with van der Waals surface area (Å²) in [5.74, 6) is 0.622. The third kappa shape index (κ3) is 2.88. The maximum Gasteiger partial charge on any atom is 0.242 e. The summed E-state index contributed by atoms with van der Waals surface area (Å²) in [6.07, 6.45) is 3.23. The van der Waals surface area contributed by atoms with Crippen molar-refractivity contribution in [1.82, 2.24) is 9.97 Å². The molecule has 0 saturated heterocycles. The van der Waals surface area contributed by atoms with Crippen molar-refractivity contribution in [1.29, 1.82) is 0 Å². The molecular weight excluding hydrogens is 281 g/mol. The first-order valence-electron chi connectivity index (χ1n) is 6.74. The number of nitrogen functional groups attached to an aromatic ring is 1. The summed E-state index contributed by atoms with van der Waals surface area (Å²) in [5.41, 5.74) is 8.90. The van der Waals surface area contributed by atoms with E-state index in [-0.39, 0.29) is 5.82 Å². The number of anilines is 1. The molecule has 3 aromatic rings. The zero-order valence-corrected chi connectivity index (χ0v) is 12.0. The second kappa shape index (κ2) is 5.81. The second-order valence-corrected chi connectivity index (χ2v) is 4.83. The lowest BCUT2D eigenvalue weighted by Gasteiger charge is -2.09. The first-order chi connectivity index (χ1) is 10.6. The molecule has 110 valence electrons. The molecule has 0 spiro atoms. The maximum absolute atomic E-state index is 12.9. The van der Waals surface area contributed by atoms with E-state index in [1.807, 2.05) is 13.0 Å². The van der Waals surface area contributed by atoms with Gasteiger partial charge < -0.3 is 10.5 Å². The Labute approximate surface area is 127 Å². The van der Waals surface area contributed by atoms with Gasteiger partial charge in [0.1, 0.15) is 11.6 Å². The standard InChI is InChI=1S/C17H14FN3O/c1-11-8-9-20-17(16(11)19)22-14-6-7-15(21-10-14)12-2-4-13(18)5-3-12/h2-10H,19H2,1H3. The van der Waals surface area contributed by atoms with Gasteiger partial charge in [0.15, 0.2) is 0 Å². The summed E-state index contributed by atoms with van der Waals surface area (Å²) in [6, 6.07) is 11.6. The van der Waals surface area contributed by atoms with Crippen LogP contribution in [-0.4, -0.2) is 9.97 Å². The zero-order chi connectivity index (χ0) is 15.5. The van der Waals surface area contributed by atoms with Crippen LogP contribution in [0.2, 0.25) is 0 Å². The van der Waals surface area contributed by atoms with E-state index in [4.69, 9.17) is 10.5 Å². The molecule has 0 saturated carbocycles. The van der Waals surface area contributed by atoms with Crippen LogP contribution in [0.25, 0.3) is 11.3 Å². The smallest absolute Gasteiger partial charge is 0.242 e. The predicted molar refractivity (Wildman–Crippen MR) is 83.1 cm³/mol. The van der Waals surface area contributed by atoms with Gasteiger partial charge in [-0.3, -0.25) is 4.98 Å². The highest BCUT2D eigenvalue weighted by Crippen LogP contribution is 2.27. The molecule has 0 amide bonds. The number of halogens is 1. The van der Waals surface area contributed by atoms with E-state index in [0.717, 1.165) is 16.8 Å². The molecule has 0 atom stereocenters. The number of pyridine rings is 2. The van der Waals surface area contributed by atoms with E-state index in [1.165, 1.54) is 12.1 Å². The maximum atomic E-state index is 12.9. The summed E-state index contributed by atoms with van der Waals surface area (Å²) < 4.78 is 18.6. The van der Waals surface area contributed by atoms with Crippen LogP contribution < -0.4 is 10.5 Å². The summed E-state index contributed by atoms with van der Waals surface area (Å²) in [5, 5.41) is 0. The summed E-state index contributed by atoms with van der Waals surface area (Å²) in [4.78, 5) is 8.42. The number of nitrogens with zero attached hydrogens (tertiary/aromatic N) is 2. The molecule has 0 unspecified atom stereocenters. The number of ether oxygens (including phenoxy) is 1. The minimum absolute atomic E-state index is 0.273. The number of hydrogen-bond acceptors (Lipinski definition) is 4. The Bertz CT molecular complexity index is 786. The van der Waals surface area contributed by atoms with Gasteiger partial charge in [-0.25, -0.2) is 9.37 Å². The average molecular weight is 295 g/mol. The third-order valence-corrected chi connectivity index (χ3v) is 3.26. The Balaban J connectivity index is 1.82. The Morgan fingerprint density at radius 2 is 1.77 bits per heavy atom. The molecule has 0 radical (unpaired) electrons. The Morgan fingerprint density at radius 3 is 2.45 bits per heavy atom. The van der Waals surface area contributed by atoms with Crippen molar-refractivity contribution in [2.75, 3.05) is 5.73 Å². The van der Waals surface area contributed by atoms with Gasteiger partial charge in [0.25, 0.3) is 0 Å². The normalized spacial score (nSPS) is 10.5. The number of nitrogens with two attached hydrogens (primary N) is 1. The zero-order valence-electron chi connectivity index (χ0n) is 12.0. The molecule has 3 rings (SSSR count). The number of benzene rings is 1. The topological polar surface area (TPSA) is 61.0 Å². The lowest BCUT2D eigenvalue weighted by molar-refractivity contribution is 0.463. The van der Waals surface area contributed by atoms with Crippen molar-refractivity contribution in [3.63, 3.8) is 0 Å². The van der Waals surface area contributed by atoms with Crippen LogP contribution in [0.1, 0.15) is 5.56 Å². The van der Waals surface area contributed by atoms with Crippen molar-refractivity contribution in [2.24, 2.45) is 0 Å². The molecule has 2 heterocycles. The molecule has 0 bridgehead atoms. The lowest BCUT2D eigenvalue weighted by Crippen LogP contribution is -1.97. The minimum Gasteiger partial charge on any atom is -0.435 e.